The number of carbonyl (C=O) groups is 1. The SMILES string of the molecule is CCN(CCC(=O)NCc1ccccn1)c1cccc(C)c1. The highest BCUT2D eigenvalue weighted by Crippen LogP contribution is 2.15. The molecule has 0 aliphatic carbocycles. The molecule has 1 N–H and O–H groups in total. The van der Waals surface area contributed by atoms with Gasteiger partial charge in [-0.05, 0) is 43.7 Å². The number of pyridine rings is 1. The van der Waals surface area contributed by atoms with Gasteiger partial charge in [0.05, 0.1) is 12.2 Å². The van der Waals surface area contributed by atoms with E-state index < -0.39 is 0 Å². The first-order valence-corrected chi connectivity index (χ1v) is 7.67. The lowest BCUT2D eigenvalue weighted by atomic mass is 10.2. The van der Waals surface area contributed by atoms with E-state index in [-0.39, 0.29) is 5.91 Å². The summed E-state index contributed by atoms with van der Waals surface area (Å²) >= 11 is 0. The van der Waals surface area contributed by atoms with E-state index in [0.717, 1.165) is 12.2 Å². The molecule has 2 rings (SSSR count). The summed E-state index contributed by atoms with van der Waals surface area (Å²) < 4.78 is 0. The average Bonchev–Trinajstić information content (AvgIpc) is 2.54. The van der Waals surface area contributed by atoms with Crippen molar-refractivity contribution in [1.82, 2.24) is 10.3 Å². The number of benzene rings is 1. The Morgan fingerprint density at radius 2 is 2.09 bits per heavy atom. The van der Waals surface area contributed by atoms with Crippen LogP contribution in [0, 0.1) is 6.92 Å². The van der Waals surface area contributed by atoms with Crippen LogP contribution in [0.2, 0.25) is 0 Å². The first-order chi connectivity index (χ1) is 10.7. The van der Waals surface area contributed by atoms with E-state index in [4.69, 9.17) is 0 Å². The number of anilines is 1. The highest BCUT2D eigenvalue weighted by atomic mass is 16.1. The van der Waals surface area contributed by atoms with Crippen LogP contribution in [-0.2, 0) is 11.3 Å². The molecule has 0 aliphatic rings. The topological polar surface area (TPSA) is 45.2 Å². The normalized spacial score (nSPS) is 10.3. The molecule has 0 saturated heterocycles. The molecule has 0 saturated carbocycles. The highest BCUT2D eigenvalue weighted by Gasteiger charge is 2.08. The van der Waals surface area contributed by atoms with Gasteiger partial charge in [-0.15, -0.1) is 0 Å². The number of hydrogen-bond donors (Lipinski definition) is 1. The van der Waals surface area contributed by atoms with Crippen molar-refractivity contribution < 1.29 is 4.79 Å². The second-order valence-electron chi connectivity index (χ2n) is 5.27. The lowest BCUT2D eigenvalue weighted by Gasteiger charge is -2.23. The number of carbonyl (C=O) groups excluding carboxylic acids is 1. The molecule has 1 aromatic carbocycles. The standard InChI is InChI=1S/C18H23N3O/c1-3-21(17-9-6-7-15(2)13-17)12-10-18(22)20-14-16-8-4-5-11-19-16/h4-9,11,13H,3,10,12,14H2,1-2H3,(H,20,22). The summed E-state index contributed by atoms with van der Waals surface area (Å²) in [7, 11) is 0. The fourth-order valence-corrected chi connectivity index (χ4v) is 2.31. The summed E-state index contributed by atoms with van der Waals surface area (Å²) in [6.07, 6.45) is 2.21. The maximum atomic E-state index is 12.0. The number of nitrogens with zero attached hydrogens (tertiary/aromatic N) is 2. The van der Waals surface area contributed by atoms with Gasteiger partial charge in [0.25, 0.3) is 0 Å². The molecule has 4 nitrogen and oxygen atoms in total. The predicted octanol–water partition coefficient (Wildman–Crippen LogP) is 2.92. The molecule has 0 unspecified atom stereocenters. The third-order valence-corrected chi connectivity index (χ3v) is 3.55. The van der Waals surface area contributed by atoms with E-state index >= 15 is 0 Å². The quantitative estimate of drug-likeness (QED) is 0.854. The summed E-state index contributed by atoms with van der Waals surface area (Å²) in [5, 5.41) is 2.91. The second-order valence-corrected chi connectivity index (χ2v) is 5.27. The van der Waals surface area contributed by atoms with E-state index in [1.54, 1.807) is 6.20 Å². The van der Waals surface area contributed by atoms with Crippen LogP contribution in [0.15, 0.2) is 48.7 Å². The molecule has 1 heterocycles. The Hall–Kier alpha value is -2.36. The van der Waals surface area contributed by atoms with Gasteiger partial charge in [0.15, 0.2) is 0 Å². The molecule has 1 aromatic heterocycles. The summed E-state index contributed by atoms with van der Waals surface area (Å²) in [6, 6.07) is 14.1. The molecule has 4 heteroatoms. The summed E-state index contributed by atoms with van der Waals surface area (Å²) in [5.41, 5.74) is 3.28. The van der Waals surface area contributed by atoms with Crippen molar-refractivity contribution in [3.05, 3.63) is 59.9 Å². The van der Waals surface area contributed by atoms with Crippen LogP contribution in [0.3, 0.4) is 0 Å². The van der Waals surface area contributed by atoms with Crippen LogP contribution >= 0.6 is 0 Å². The van der Waals surface area contributed by atoms with E-state index in [0.29, 0.717) is 19.5 Å². The van der Waals surface area contributed by atoms with Gasteiger partial charge < -0.3 is 10.2 Å². The third kappa shape index (κ3) is 4.88. The number of aromatic nitrogens is 1. The maximum absolute atomic E-state index is 12.0. The number of hydrogen-bond acceptors (Lipinski definition) is 3. The van der Waals surface area contributed by atoms with Gasteiger partial charge in [-0.2, -0.15) is 0 Å². The van der Waals surface area contributed by atoms with Crippen LogP contribution in [0.4, 0.5) is 5.69 Å². The summed E-state index contributed by atoms with van der Waals surface area (Å²) in [6.45, 7) is 6.27. The molecular formula is C18H23N3O. The Kier molecular flexibility index (Phi) is 5.95. The fraction of sp³-hybridized carbons (Fsp3) is 0.333. The van der Waals surface area contributed by atoms with Gasteiger partial charge >= 0.3 is 0 Å². The molecule has 0 aliphatic heterocycles. The van der Waals surface area contributed by atoms with E-state index in [9.17, 15) is 4.79 Å². The molecular weight excluding hydrogens is 274 g/mol. The first-order valence-electron chi connectivity index (χ1n) is 7.67. The van der Waals surface area contributed by atoms with Crippen LogP contribution in [-0.4, -0.2) is 24.0 Å². The van der Waals surface area contributed by atoms with Gasteiger partial charge in [0.1, 0.15) is 0 Å². The Balaban J connectivity index is 1.81. The second kappa shape index (κ2) is 8.17. The Labute approximate surface area is 132 Å². The van der Waals surface area contributed by atoms with Crippen LogP contribution in [0.1, 0.15) is 24.6 Å². The zero-order valence-corrected chi connectivity index (χ0v) is 13.2. The fourth-order valence-electron chi connectivity index (χ4n) is 2.31. The largest absolute Gasteiger partial charge is 0.371 e. The molecule has 116 valence electrons. The van der Waals surface area contributed by atoms with E-state index in [1.165, 1.54) is 11.3 Å². The zero-order chi connectivity index (χ0) is 15.8. The number of amides is 1. The van der Waals surface area contributed by atoms with Crippen molar-refractivity contribution in [2.45, 2.75) is 26.8 Å². The van der Waals surface area contributed by atoms with Crippen molar-refractivity contribution in [1.29, 1.82) is 0 Å². The van der Waals surface area contributed by atoms with E-state index in [1.807, 2.05) is 18.2 Å². The zero-order valence-electron chi connectivity index (χ0n) is 13.2. The Morgan fingerprint density at radius 1 is 1.23 bits per heavy atom. The van der Waals surface area contributed by atoms with E-state index in [2.05, 4.69) is 53.3 Å². The number of nitrogens with one attached hydrogen (secondary N) is 1. The monoisotopic (exact) mass is 297 g/mol. The molecule has 0 spiro atoms. The summed E-state index contributed by atoms with van der Waals surface area (Å²) in [4.78, 5) is 18.4. The first kappa shape index (κ1) is 16.0. The molecule has 2 aromatic rings. The molecule has 1 amide bonds. The molecule has 0 bridgehead atoms. The number of rotatable bonds is 7. The van der Waals surface area contributed by atoms with Gasteiger partial charge in [0, 0.05) is 31.4 Å². The van der Waals surface area contributed by atoms with Crippen molar-refractivity contribution in [3.63, 3.8) is 0 Å². The Morgan fingerprint density at radius 3 is 2.77 bits per heavy atom. The molecule has 0 fully saturated rings. The minimum Gasteiger partial charge on any atom is -0.371 e. The van der Waals surface area contributed by atoms with Crippen LogP contribution in [0.25, 0.3) is 0 Å². The summed E-state index contributed by atoms with van der Waals surface area (Å²) in [5.74, 6) is 0.0526. The maximum Gasteiger partial charge on any atom is 0.222 e. The smallest absolute Gasteiger partial charge is 0.222 e. The molecule has 0 radical (unpaired) electrons. The van der Waals surface area contributed by atoms with Gasteiger partial charge in [-0.3, -0.25) is 9.78 Å². The predicted molar refractivity (Wildman–Crippen MR) is 89.8 cm³/mol. The third-order valence-electron chi connectivity index (χ3n) is 3.55. The minimum atomic E-state index is 0.0526. The lowest BCUT2D eigenvalue weighted by molar-refractivity contribution is -0.121. The lowest BCUT2D eigenvalue weighted by Crippen LogP contribution is -2.30. The van der Waals surface area contributed by atoms with Gasteiger partial charge in [0.2, 0.25) is 5.91 Å². The Bertz CT molecular complexity index is 598. The van der Waals surface area contributed by atoms with Gasteiger partial charge in [-0.25, -0.2) is 0 Å². The van der Waals surface area contributed by atoms with Crippen molar-refractivity contribution in [2.24, 2.45) is 0 Å². The number of aryl methyl sites for hydroxylation is 1. The average molecular weight is 297 g/mol. The van der Waals surface area contributed by atoms with Crippen molar-refractivity contribution in [2.75, 3.05) is 18.0 Å². The van der Waals surface area contributed by atoms with Crippen molar-refractivity contribution in [3.8, 4) is 0 Å². The molecule has 22 heavy (non-hydrogen) atoms. The molecule has 0 atom stereocenters. The van der Waals surface area contributed by atoms with Crippen LogP contribution < -0.4 is 10.2 Å². The van der Waals surface area contributed by atoms with Gasteiger partial charge in [-0.1, -0.05) is 18.2 Å². The minimum absolute atomic E-state index is 0.0526. The van der Waals surface area contributed by atoms with Crippen LogP contribution in [0.5, 0.6) is 0 Å². The highest BCUT2D eigenvalue weighted by molar-refractivity contribution is 5.76. The van der Waals surface area contributed by atoms with Crippen molar-refractivity contribution >= 4 is 11.6 Å².